The lowest BCUT2D eigenvalue weighted by Crippen LogP contribution is -2.47. The van der Waals surface area contributed by atoms with Gasteiger partial charge >= 0.3 is 23.9 Å². The van der Waals surface area contributed by atoms with E-state index in [9.17, 15) is 19.2 Å². The Morgan fingerprint density at radius 2 is 1.12 bits per heavy atom. The minimum Gasteiger partial charge on any atom is -0.393 e. The molecule has 3 aliphatic rings. The molecule has 4 bridgehead atoms. The molecule has 3 fully saturated rings. The lowest BCUT2D eigenvalue weighted by atomic mass is 9.74. The zero-order valence-electron chi connectivity index (χ0n) is 9.26. The van der Waals surface area contributed by atoms with Crippen molar-refractivity contribution in [2.24, 2.45) is 29.1 Å². The number of carbonyl (C=O) groups is 4. The molecule has 0 spiro atoms. The van der Waals surface area contributed by atoms with Gasteiger partial charge in [-0.25, -0.2) is 0 Å². The van der Waals surface area contributed by atoms with Gasteiger partial charge in [0.05, 0.1) is 23.7 Å². The smallest absolute Gasteiger partial charge is 0.318 e. The maximum Gasteiger partial charge on any atom is 0.318 e. The predicted octanol–water partition coefficient (Wildman–Crippen LogP) is -0.342. The van der Waals surface area contributed by atoms with Crippen molar-refractivity contribution in [2.45, 2.75) is 13.8 Å². The Labute approximate surface area is 96.2 Å². The number of esters is 4. The molecule has 0 aromatic heterocycles. The van der Waals surface area contributed by atoms with Gasteiger partial charge in [-0.1, -0.05) is 13.8 Å². The van der Waals surface area contributed by atoms with Crippen LogP contribution in [0.2, 0.25) is 0 Å². The monoisotopic (exact) mass is 238 g/mol. The third-order valence-corrected chi connectivity index (χ3v) is 4.16. The summed E-state index contributed by atoms with van der Waals surface area (Å²) in [5, 5.41) is 0. The molecule has 17 heavy (non-hydrogen) atoms. The van der Waals surface area contributed by atoms with Crippen LogP contribution in [0.1, 0.15) is 13.8 Å². The van der Waals surface area contributed by atoms with Crippen molar-refractivity contribution in [3.8, 4) is 0 Å². The summed E-state index contributed by atoms with van der Waals surface area (Å²) in [7, 11) is 0. The molecule has 6 heteroatoms. The van der Waals surface area contributed by atoms with Crippen molar-refractivity contribution in [1.29, 1.82) is 0 Å². The fourth-order valence-corrected chi connectivity index (χ4v) is 3.46. The topological polar surface area (TPSA) is 86.7 Å². The SMILES string of the molecule is CC1(C)C2C(=O)OC(=O)C3C2C(=O)OC(=O)C31. The van der Waals surface area contributed by atoms with Crippen LogP contribution in [-0.2, 0) is 28.7 Å². The van der Waals surface area contributed by atoms with Crippen LogP contribution in [0.15, 0.2) is 0 Å². The van der Waals surface area contributed by atoms with Gasteiger partial charge in [-0.3, -0.25) is 19.2 Å². The molecule has 4 unspecified atom stereocenters. The maximum atomic E-state index is 11.7. The highest BCUT2D eigenvalue weighted by atomic mass is 16.6. The van der Waals surface area contributed by atoms with E-state index in [1.165, 1.54) is 0 Å². The minimum absolute atomic E-state index is 0.726. The highest BCUT2D eigenvalue weighted by Crippen LogP contribution is 2.60. The van der Waals surface area contributed by atoms with Gasteiger partial charge in [0.1, 0.15) is 0 Å². The summed E-state index contributed by atoms with van der Waals surface area (Å²) in [5.74, 6) is -6.27. The summed E-state index contributed by atoms with van der Waals surface area (Å²) in [5.41, 5.74) is -0.790. The van der Waals surface area contributed by atoms with Gasteiger partial charge in [-0.05, 0) is 5.41 Å². The van der Waals surface area contributed by atoms with Crippen LogP contribution in [0.4, 0.5) is 0 Å². The van der Waals surface area contributed by atoms with E-state index >= 15 is 0 Å². The molecule has 0 amide bonds. The number of ether oxygens (including phenoxy) is 2. The molecular formula is C11H10O6. The molecule has 0 radical (unpaired) electrons. The average molecular weight is 238 g/mol. The van der Waals surface area contributed by atoms with Crippen molar-refractivity contribution >= 4 is 23.9 Å². The van der Waals surface area contributed by atoms with Crippen LogP contribution >= 0.6 is 0 Å². The van der Waals surface area contributed by atoms with Crippen molar-refractivity contribution in [2.75, 3.05) is 0 Å². The fourth-order valence-electron chi connectivity index (χ4n) is 3.46. The molecule has 4 atom stereocenters. The van der Waals surface area contributed by atoms with Gasteiger partial charge in [-0.15, -0.1) is 0 Å². The molecule has 3 rings (SSSR count). The molecule has 0 aromatic carbocycles. The zero-order chi connectivity index (χ0) is 12.5. The van der Waals surface area contributed by atoms with E-state index in [4.69, 9.17) is 0 Å². The number of carbonyl (C=O) groups excluding carboxylic acids is 4. The summed E-state index contributed by atoms with van der Waals surface area (Å²) in [6.07, 6.45) is 0. The van der Waals surface area contributed by atoms with Gasteiger partial charge in [0.15, 0.2) is 0 Å². The van der Waals surface area contributed by atoms with Gasteiger partial charge in [0, 0.05) is 0 Å². The zero-order valence-corrected chi connectivity index (χ0v) is 9.26. The normalized spacial score (nSPS) is 42.2. The molecule has 2 heterocycles. The van der Waals surface area contributed by atoms with E-state index in [0.717, 1.165) is 0 Å². The Morgan fingerprint density at radius 1 is 0.765 bits per heavy atom. The quantitative estimate of drug-likeness (QED) is 0.423. The van der Waals surface area contributed by atoms with Crippen molar-refractivity contribution in [1.82, 2.24) is 0 Å². The van der Waals surface area contributed by atoms with Crippen molar-refractivity contribution in [3.63, 3.8) is 0 Å². The minimum atomic E-state index is -0.860. The van der Waals surface area contributed by atoms with Crippen LogP contribution in [-0.4, -0.2) is 23.9 Å². The van der Waals surface area contributed by atoms with Gasteiger partial charge < -0.3 is 9.47 Å². The summed E-state index contributed by atoms with van der Waals surface area (Å²) in [6.45, 7) is 3.38. The molecule has 1 saturated carbocycles. The van der Waals surface area contributed by atoms with Crippen molar-refractivity contribution in [3.05, 3.63) is 0 Å². The first kappa shape index (κ1) is 10.4. The number of cyclic esters (lactones) is 4. The molecule has 2 saturated heterocycles. The van der Waals surface area contributed by atoms with Crippen LogP contribution in [0.3, 0.4) is 0 Å². The van der Waals surface area contributed by atoms with Crippen LogP contribution in [0.25, 0.3) is 0 Å². The lowest BCUT2D eigenvalue weighted by molar-refractivity contribution is -0.189. The third-order valence-electron chi connectivity index (χ3n) is 4.16. The number of rotatable bonds is 0. The van der Waals surface area contributed by atoms with E-state index in [2.05, 4.69) is 9.47 Å². The van der Waals surface area contributed by atoms with E-state index in [0.29, 0.717) is 0 Å². The lowest BCUT2D eigenvalue weighted by Gasteiger charge is -2.29. The Kier molecular flexibility index (Phi) is 1.69. The fraction of sp³-hybridized carbons (Fsp3) is 0.636. The average Bonchev–Trinajstić information content (AvgIpc) is 2.35. The number of hydrogen-bond acceptors (Lipinski definition) is 6. The van der Waals surface area contributed by atoms with E-state index in [-0.39, 0.29) is 0 Å². The first-order valence-electron chi connectivity index (χ1n) is 5.37. The second kappa shape index (κ2) is 2.75. The second-order valence-corrected chi connectivity index (χ2v) is 5.31. The predicted molar refractivity (Wildman–Crippen MR) is 49.9 cm³/mol. The first-order chi connectivity index (χ1) is 7.85. The standard InChI is InChI=1S/C11H10O6/c1-11(2)5-3-4(8(13)17-9(5)14)6(11)10(15)16-7(3)12/h3-6H,1-2H3. The Morgan fingerprint density at radius 3 is 1.47 bits per heavy atom. The summed E-state index contributed by atoms with van der Waals surface area (Å²) in [4.78, 5) is 46.7. The highest BCUT2D eigenvalue weighted by molar-refractivity contribution is 6.06. The van der Waals surface area contributed by atoms with Crippen molar-refractivity contribution < 1.29 is 28.7 Å². The van der Waals surface area contributed by atoms with Crippen LogP contribution in [0.5, 0.6) is 0 Å². The largest absolute Gasteiger partial charge is 0.393 e. The number of hydrogen-bond donors (Lipinski definition) is 0. The molecule has 1 aliphatic carbocycles. The summed E-state index contributed by atoms with van der Waals surface area (Å²) >= 11 is 0. The Balaban J connectivity index is 2.23. The Hall–Kier alpha value is -1.72. The van der Waals surface area contributed by atoms with E-state index in [1.807, 2.05) is 0 Å². The van der Waals surface area contributed by atoms with Crippen LogP contribution < -0.4 is 0 Å². The summed E-state index contributed by atoms with van der Waals surface area (Å²) < 4.78 is 9.21. The molecule has 6 nitrogen and oxygen atoms in total. The Bertz CT molecular complexity index is 434. The van der Waals surface area contributed by atoms with Gasteiger partial charge in [0.2, 0.25) is 0 Å². The van der Waals surface area contributed by atoms with E-state index < -0.39 is 53.0 Å². The molecule has 90 valence electrons. The third kappa shape index (κ3) is 1.01. The molecule has 2 aliphatic heterocycles. The molecule has 0 N–H and O–H groups in total. The van der Waals surface area contributed by atoms with Crippen LogP contribution in [0, 0.1) is 29.1 Å². The highest BCUT2D eigenvalue weighted by Gasteiger charge is 2.72. The second-order valence-electron chi connectivity index (χ2n) is 5.31. The maximum absolute atomic E-state index is 11.7. The first-order valence-corrected chi connectivity index (χ1v) is 5.37. The van der Waals surface area contributed by atoms with E-state index in [1.54, 1.807) is 13.8 Å². The van der Waals surface area contributed by atoms with Gasteiger partial charge in [-0.2, -0.15) is 0 Å². The summed E-state index contributed by atoms with van der Waals surface area (Å²) in [6, 6.07) is 0. The molecular weight excluding hydrogens is 228 g/mol. The molecule has 0 aromatic rings. The van der Waals surface area contributed by atoms with Gasteiger partial charge in [0.25, 0.3) is 0 Å².